The summed E-state index contributed by atoms with van der Waals surface area (Å²) in [5.41, 5.74) is 0.753. The molecule has 2 fully saturated rings. The zero-order valence-electron chi connectivity index (χ0n) is 26.7. The molecule has 0 aliphatic carbocycles. The van der Waals surface area contributed by atoms with Crippen LogP contribution in [-0.4, -0.2) is 103 Å². The average molecular weight is 616 g/mol. The number of carboxylic acid groups (broad SMARTS) is 1. The lowest BCUT2D eigenvalue weighted by Gasteiger charge is -2.31. The smallest absolute Gasteiger partial charge is 0.308 e. The highest BCUT2D eigenvalue weighted by Crippen LogP contribution is 2.47. The molecular formula is C33H49N3O8. The number of ether oxygens (including phenoxy) is 3. The van der Waals surface area contributed by atoms with Crippen molar-refractivity contribution in [2.45, 2.75) is 83.6 Å². The maximum Gasteiger partial charge on any atom is 0.308 e. The van der Waals surface area contributed by atoms with Gasteiger partial charge in [0.05, 0.1) is 19.6 Å². The van der Waals surface area contributed by atoms with Crippen molar-refractivity contribution in [3.05, 3.63) is 17.7 Å². The Bertz CT molecular complexity index is 1180. The number of nitrogens with zero attached hydrogens (tertiary/aromatic N) is 3. The molecule has 2 saturated heterocycles. The fourth-order valence-electron chi connectivity index (χ4n) is 6.82. The second-order valence-corrected chi connectivity index (χ2v) is 12.4. The van der Waals surface area contributed by atoms with E-state index in [4.69, 9.17) is 14.2 Å². The first-order valence-corrected chi connectivity index (χ1v) is 16.2. The van der Waals surface area contributed by atoms with Crippen LogP contribution in [0.25, 0.3) is 0 Å². The van der Waals surface area contributed by atoms with Crippen LogP contribution in [0.4, 0.5) is 0 Å². The molecule has 4 rings (SSSR count). The summed E-state index contributed by atoms with van der Waals surface area (Å²) in [7, 11) is 3.25. The van der Waals surface area contributed by atoms with Crippen LogP contribution in [0, 0.1) is 11.8 Å². The number of carbonyl (C=O) groups is 4. The van der Waals surface area contributed by atoms with Crippen molar-refractivity contribution in [3.63, 3.8) is 0 Å². The molecule has 4 atom stereocenters. The number of unbranched alkanes of at least 4 members (excludes halogenated alkanes) is 2. The summed E-state index contributed by atoms with van der Waals surface area (Å²) in [5.74, 6) is -0.887. The van der Waals surface area contributed by atoms with E-state index in [0.29, 0.717) is 75.5 Å². The quantitative estimate of drug-likeness (QED) is 0.331. The van der Waals surface area contributed by atoms with Gasteiger partial charge in [-0.2, -0.15) is 0 Å². The predicted molar refractivity (Wildman–Crippen MR) is 164 cm³/mol. The van der Waals surface area contributed by atoms with Gasteiger partial charge in [-0.3, -0.25) is 24.1 Å². The number of carboxylic acids is 1. The highest BCUT2D eigenvalue weighted by atomic mass is 16.7. The van der Waals surface area contributed by atoms with Crippen LogP contribution in [0.3, 0.4) is 0 Å². The third-order valence-electron chi connectivity index (χ3n) is 9.49. The number of aliphatic carboxylic acids is 1. The maximum absolute atomic E-state index is 13.7. The first kappa shape index (κ1) is 33.6. The third-order valence-corrected chi connectivity index (χ3v) is 9.49. The van der Waals surface area contributed by atoms with Crippen molar-refractivity contribution in [3.8, 4) is 17.2 Å². The van der Waals surface area contributed by atoms with Crippen LogP contribution >= 0.6 is 0 Å². The number of benzene rings is 1. The van der Waals surface area contributed by atoms with E-state index < -0.39 is 23.8 Å². The second-order valence-electron chi connectivity index (χ2n) is 12.4. The topological polar surface area (TPSA) is 126 Å². The van der Waals surface area contributed by atoms with Crippen molar-refractivity contribution in [2.24, 2.45) is 11.8 Å². The summed E-state index contributed by atoms with van der Waals surface area (Å²) < 4.78 is 16.8. The molecule has 3 heterocycles. The highest BCUT2D eigenvalue weighted by Gasteiger charge is 2.48. The molecule has 44 heavy (non-hydrogen) atoms. The van der Waals surface area contributed by atoms with Crippen LogP contribution < -0.4 is 14.2 Å². The van der Waals surface area contributed by atoms with E-state index in [0.717, 1.165) is 31.2 Å². The number of carbonyl (C=O) groups excluding carboxylic acids is 3. The van der Waals surface area contributed by atoms with Gasteiger partial charge in [0, 0.05) is 63.9 Å². The number of ketones is 1. The zero-order valence-corrected chi connectivity index (χ0v) is 26.7. The molecule has 1 N–H and O–H groups in total. The first-order chi connectivity index (χ1) is 21.2. The standard InChI is InChI=1S/C33H49N3O8/c1-5-7-14-35(15-8-6-2)30(39)20-36-19-24(23-17-27(42-4)32-28(18-23)43-21-44-32)31(33(40)41)25(36)11-9-22-10-12-29(38)34(3)16-13-26(22)37/h17-18,22,24-25,31H,5-16,19-21H2,1-4H3,(H,40,41)/t22?,24-,25+,31-/m1/s1. The highest BCUT2D eigenvalue weighted by molar-refractivity contribution is 5.84. The Hall–Kier alpha value is -3.34. The number of likely N-dealkylation sites (tertiary alicyclic amines) is 2. The van der Waals surface area contributed by atoms with E-state index in [1.165, 1.54) is 7.11 Å². The lowest BCUT2D eigenvalue weighted by molar-refractivity contribution is -0.144. The summed E-state index contributed by atoms with van der Waals surface area (Å²) in [6.07, 6.45) is 5.74. The van der Waals surface area contributed by atoms with Gasteiger partial charge < -0.3 is 29.1 Å². The van der Waals surface area contributed by atoms with Crippen molar-refractivity contribution in [1.82, 2.24) is 14.7 Å². The molecule has 11 heteroatoms. The van der Waals surface area contributed by atoms with Crippen LogP contribution in [0.2, 0.25) is 0 Å². The fraction of sp³-hybridized carbons (Fsp3) is 0.697. The molecule has 1 unspecified atom stereocenters. The summed E-state index contributed by atoms with van der Waals surface area (Å²) in [6, 6.07) is 3.17. The van der Waals surface area contributed by atoms with Crippen molar-refractivity contribution < 1.29 is 38.5 Å². The van der Waals surface area contributed by atoms with Crippen LogP contribution in [0.15, 0.2) is 12.1 Å². The number of amides is 2. The van der Waals surface area contributed by atoms with Gasteiger partial charge in [0.1, 0.15) is 5.78 Å². The minimum absolute atomic E-state index is 0.000574. The van der Waals surface area contributed by atoms with Crippen molar-refractivity contribution in [1.29, 1.82) is 0 Å². The summed E-state index contributed by atoms with van der Waals surface area (Å²) >= 11 is 0. The lowest BCUT2D eigenvalue weighted by Crippen LogP contribution is -2.45. The maximum atomic E-state index is 13.7. The first-order valence-electron chi connectivity index (χ1n) is 16.2. The molecule has 0 bridgehead atoms. The van der Waals surface area contributed by atoms with E-state index in [9.17, 15) is 24.3 Å². The van der Waals surface area contributed by atoms with Gasteiger partial charge in [0.15, 0.2) is 11.5 Å². The van der Waals surface area contributed by atoms with E-state index in [-0.39, 0.29) is 36.9 Å². The Balaban J connectivity index is 1.62. The Morgan fingerprint density at radius 3 is 2.45 bits per heavy atom. The molecule has 2 amide bonds. The lowest BCUT2D eigenvalue weighted by atomic mass is 9.81. The predicted octanol–water partition coefficient (Wildman–Crippen LogP) is 3.93. The normalized spacial score (nSPS) is 23.9. The van der Waals surface area contributed by atoms with Gasteiger partial charge in [0.25, 0.3) is 0 Å². The number of hydrogen-bond donors (Lipinski definition) is 1. The van der Waals surface area contributed by atoms with Gasteiger partial charge >= 0.3 is 5.97 Å². The minimum Gasteiger partial charge on any atom is -0.493 e. The van der Waals surface area contributed by atoms with E-state index in [1.807, 2.05) is 21.9 Å². The Morgan fingerprint density at radius 2 is 1.80 bits per heavy atom. The molecule has 1 aromatic carbocycles. The van der Waals surface area contributed by atoms with E-state index in [2.05, 4.69) is 13.8 Å². The molecule has 0 aromatic heterocycles. The van der Waals surface area contributed by atoms with Crippen molar-refractivity contribution >= 4 is 23.6 Å². The second kappa shape index (κ2) is 15.6. The molecule has 244 valence electrons. The largest absolute Gasteiger partial charge is 0.493 e. The van der Waals surface area contributed by atoms with E-state index in [1.54, 1.807) is 11.9 Å². The molecule has 0 spiro atoms. The van der Waals surface area contributed by atoms with Crippen molar-refractivity contribution in [2.75, 3.05) is 53.7 Å². The number of methoxy groups -OCH3 is 1. The number of rotatable bonds is 14. The van der Waals surface area contributed by atoms with Gasteiger partial charge in [-0.1, -0.05) is 26.7 Å². The van der Waals surface area contributed by atoms with Gasteiger partial charge in [-0.05, 0) is 49.8 Å². The summed E-state index contributed by atoms with van der Waals surface area (Å²) in [4.78, 5) is 57.7. The minimum atomic E-state index is -0.943. The number of hydrogen-bond acceptors (Lipinski definition) is 8. The van der Waals surface area contributed by atoms with Crippen LogP contribution in [-0.2, 0) is 19.2 Å². The number of Topliss-reactive ketones (excluding diaryl/α,β-unsaturated/α-hetero) is 1. The molecule has 1 aromatic rings. The van der Waals surface area contributed by atoms with Gasteiger partial charge in [-0.15, -0.1) is 0 Å². The zero-order chi connectivity index (χ0) is 31.8. The molecule has 3 aliphatic heterocycles. The Labute approximate surface area is 260 Å². The third kappa shape index (κ3) is 7.83. The van der Waals surface area contributed by atoms with Crippen LogP contribution in [0.1, 0.15) is 83.1 Å². The summed E-state index contributed by atoms with van der Waals surface area (Å²) in [6.45, 7) is 6.50. The summed E-state index contributed by atoms with van der Waals surface area (Å²) in [5, 5.41) is 10.6. The van der Waals surface area contributed by atoms with Gasteiger partial charge in [-0.25, -0.2) is 0 Å². The SMILES string of the molecule is CCCCN(CCCC)C(=O)CN1C[C@H](c2cc(OC)c3c(c2)OCO3)[C@@H](C(=O)O)[C@@H]1CCC1CCC(=O)N(C)CCC1=O. The van der Waals surface area contributed by atoms with Crippen LogP contribution in [0.5, 0.6) is 17.2 Å². The molecule has 0 radical (unpaired) electrons. The number of fused-ring (bicyclic) bond motifs is 1. The Morgan fingerprint density at radius 1 is 1.07 bits per heavy atom. The monoisotopic (exact) mass is 615 g/mol. The van der Waals surface area contributed by atoms with Gasteiger partial charge in [0.2, 0.25) is 24.4 Å². The molecule has 3 aliphatic rings. The molecule has 0 saturated carbocycles. The molecule has 11 nitrogen and oxygen atoms in total. The van der Waals surface area contributed by atoms with E-state index >= 15 is 0 Å². The average Bonchev–Trinajstić information content (AvgIpc) is 3.63. The molecular weight excluding hydrogens is 566 g/mol. The Kier molecular flexibility index (Phi) is 11.9. The fourth-order valence-corrected chi connectivity index (χ4v) is 6.82.